The first-order valence-electron chi connectivity index (χ1n) is 3.38. The first kappa shape index (κ1) is 10.2. The third-order valence-electron chi connectivity index (χ3n) is 1.58. The number of hydrogen-bond donors (Lipinski definition) is 1. The van der Waals surface area contributed by atoms with Crippen molar-refractivity contribution >= 4 is 11.6 Å². The number of hydrogen-bond acceptors (Lipinski definition) is 1. The highest BCUT2D eigenvalue weighted by molar-refractivity contribution is 6.32. The molecule has 1 aromatic carbocycles. The van der Waals surface area contributed by atoms with E-state index in [1.165, 1.54) is 6.92 Å². The van der Waals surface area contributed by atoms with E-state index in [-0.39, 0.29) is 16.3 Å². The molecule has 0 aliphatic heterocycles. The standard InChI is InChI=1S/C8H6ClF3O/c1-4-2-5(8(10,11)12)3-6(9)7(4)13/h2-3,13H,1H3. The van der Waals surface area contributed by atoms with Gasteiger partial charge in [0.25, 0.3) is 0 Å². The van der Waals surface area contributed by atoms with Gasteiger partial charge in [0.15, 0.2) is 0 Å². The molecule has 0 saturated carbocycles. The van der Waals surface area contributed by atoms with E-state index < -0.39 is 11.7 Å². The Kier molecular flexibility index (Phi) is 2.43. The van der Waals surface area contributed by atoms with E-state index in [4.69, 9.17) is 16.7 Å². The second-order valence-electron chi connectivity index (χ2n) is 2.62. The summed E-state index contributed by atoms with van der Waals surface area (Å²) in [6.45, 7) is 1.36. The topological polar surface area (TPSA) is 20.2 Å². The highest BCUT2D eigenvalue weighted by Crippen LogP contribution is 2.36. The van der Waals surface area contributed by atoms with Gasteiger partial charge in [0.1, 0.15) is 5.75 Å². The molecule has 1 rings (SSSR count). The van der Waals surface area contributed by atoms with Gasteiger partial charge >= 0.3 is 6.18 Å². The molecule has 0 radical (unpaired) electrons. The third kappa shape index (κ3) is 2.06. The molecule has 0 bridgehead atoms. The van der Waals surface area contributed by atoms with Crippen molar-refractivity contribution in [3.63, 3.8) is 0 Å². The Labute approximate surface area is 77.8 Å². The summed E-state index contributed by atoms with van der Waals surface area (Å²) in [4.78, 5) is 0. The molecule has 0 spiro atoms. The van der Waals surface area contributed by atoms with Crippen molar-refractivity contribution in [2.24, 2.45) is 0 Å². The Morgan fingerprint density at radius 2 is 1.85 bits per heavy atom. The predicted octanol–water partition coefficient (Wildman–Crippen LogP) is 3.37. The van der Waals surface area contributed by atoms with Gasteiger partial charge in [-0.3, -0.25) is 0 Å². The van der Waals surface area contributed by atoms with Gasteiger partial charge in [0.2, 0.25) is 0 Å². The van der Waals surface area contributed by atoms with Gasteiger partial charge in [-0.15, -0.1) is 0 Å². The van der Waals surface area contributed by atoms with E-state index >= 15 is 0 Å². The first-order valence-corrected chi connectivity index (χ1v) is 3.76. The van der Waals surface area contributed by atoms with E-state index in [1.807, 2.05) is 0 Å². The fraction of sp³-hybridized carbons (Fsp3) is 0.250. The SMILES string of the molecule is Cc1cc(C(F)(F)F)cc(Cl)c1O. The largest absolute Gasteiger partial charge is 0.506 e. The van der Waals surface area contributed by atoms with Gasteiger partial charge in [-0.05, 0) is 24.6 Å². The van der Waals surface area contributed by atoms with Gasteiger partial charge in [0.05, 0.1) is 10.6 Å². The minimum atomic E-state index is -4.43. The molecule has 0 aliphatic rings. The lowest BCUT2D eigenvalue weighted by Gasteiger charge is -2.09. The van der Waals surface area contributed by atoms with E-state index in [0.29, 0.717) is 6.07 Å². The maximum Gasteiger partial charge on any atom is 0.416 e. The van der Waals surface area contributed by atoms with E-state index in [9.17, 15) is 13.2 Å². The fourth-order valence-corrected chi connectivity index (χ4v) is 1.17. The molecule has 13 heavy (non-hydrogen) atoms. The molecule has 0 unspecified atom stereocenters. The molecular formula is C8H6ClF3O. The van der Waals surface area contributed by atoms with Crippen molar-refractivity contribution in [2.45, 2.75) is 13.1 Å². The molecule has 0 aromatic heterocycles. The molecular weight excluding hydrogens is 205 g/mol. The Morgan fingerprint density at radius 3 is 2.23 bits per heavy atom. The minimum absolute atomic E-state index is 0.111. The number of aryl methyl sites for hydroxylation is 1. The summed E-state index contributed by atoms with van der Waals surface area (Å²) in [5, 5.41) is 8.81. The maximum absolute atomic E-state index is 12.1. The highest BCUT2D eigenvalue weighted by Gasteiger charge is 2.31. The summed E-state index contributed by atoms with van der Waals surface area (Å²) in [7, 11) is 0. The normalized spacial score (nSPS) is 11.8. The van der Waals surface area contributed by atoms with Crippen LogP contribution in [0.25, 0.3) is 0 Å². The molecule has 0 aliphatic carbocycles. The smallest absolute Gasteiger partial charge is 0.416 e. The van der Waals surface area contributed by atoms with Crippen LogP contribution in [0.2, 0.25) is 5.02 Å². The monoisotopic (exact) mass is 210 g/mol. The molecule has 1 aromatic rings. The van der Waals surface area contributed by atoms with Crippen LogP contribution in [0.5, 0.6) is 5.75 Å². The van der Waals surface area contributed by atoms with E-state index in [0.717, 1.165) is 6.07 Å². The zero-order valence-corrected chi connectivity index (χ0v) is 7.37. The number of aromatic hydroxyl groups is 1. The summed E-state index contributed by atoms with van der Waals surface area (Å²) >= 11 is 5.38. The average Bonchev–Trinajstić information content (AvgIpc) is 1.97. The number of benzene rings is 1. The van der Waals surface area contributed by atoms with Crippen molar-refractivity contribution in [3.05, 3.63) is 28.3 Å². The molecule has 1 N–H and O–H groups in total. The maximum atomic E-state index is 12.1. The summed E-state index contributed by atoms with van der Waals surface area (Å²) < 4.78 is 36.4. The molecule has 0 amide bonds. The molecule has 1 nitrogen and oxygen atoms in total. The third-order valence-corrected chi connectivity index (χ3v) is 1.87. The zero-order valence-electron chi connectivity index (χ0n) is 6.61. The van der Waals surface area contributed by atoms with Gasteiger partial charge in [-0.25, -0.2) is 0 Å². The second-order valence-corrected chi connectivity index (χ2v) is 3.03. The molecule has 5 heteroatoms. The van der Waals surface area contributed by atoms with Gasteiger partial charge in [-0.1, -0.05) is 11.6 Å². The average molecular weight is 211 g/mol. The van der Waals surface area contributed by atoms with Crippen LogP contribution in [0.4, 0.5) is 13.2 Å². The number of halogens is 4. The summed E-state index contributed by atoms with van der Waals surface area (Å²) in [5.41, 5.74) is -0.743. The van der Waals surface area contributed by atoms with Crippen LogP contribution >= 0.6 is 11.6 Å². The molecule has 72 valence electrons. The van der Waals surface area contributed by atoms with Crippen molar-refractivity contribution in [3.8, 4) is 5.75 Å². The van der Waals surface area contributed by atoms with Crippen LogP contribution in [0, 0.1) is 6.92 Å². The summed E-state index contributed by atoms with van der Waals surface area (Å²) in [6.07, 6.45) is -4.43. The Bertz CT molecular complexity index is 310. The predicted molar refractivity (Wildman–Crippen MR) is 42.9 cm³/mol. The fourth-order valence-electron chi connectivity index (χ4n) is 0.900. The van der Waals surface area contributed by atoms with Crippen LogP contribution < -0.4 is 0 Å². The molecule has 0 saturated heterocycles. The quantitative estimate of drug-likeness (QED) is 0.696. The first-order chi connectivity index (χ1) is 5.82. The molecule has 0 fully saturated rings. The lowest BCUT2D eigenvalue weighted by atomic mass is 10.1. The second kappa shape index (κ2) is 3.10. The lowest BCUT2D eigenvalue weighted by molar-refractivity contribution is -0.137. The van der Waals surface area contributed by atoms with Crippen LogP contribution in [-0.4, -0.2) is 5.11 Å². The number of rotatable bonds is 0. The van der Waals surface area contributed by atoms with Gasteiger partial charge < -0.3 is 5.11 Å². The van der Waals surface area contributed by atoms with Crippen molar-refractivity contribution in [2.75, 3.05) is 0 Å². The van der Waals surface area contributed by atoms with Crippen LogP contribution in [0.15, 0.2) is 12.1 Å². The minimum Gasteiger partial charge on any atom is -0.506 e. The van der Waals surface area contributed by atoms with Crippen LogP contribution in [-0.2, 0) is 6.18 Å². The lowest BCUT2D eigenvalue weighted by Crippen LogP contribution is -2.05. The van der Waals surface area contributed by atoms with E-state index in [1.54, 1.807) is 0 Å². The summed E-state index contributed by atoms with van der Waals surface area (Å²) in [5.74, 6) is -0.310. The van der Waals surface area contributed by atoms with Crippen molar-refractivity contribution < 1.29 is 18.3 Å². The molecule has 0 atom stereocenters. The van der Waals surface area contributed by atoms with E-state index in [2.05, 4.69) is 0 Å². The Morgan fingerprint density at radius 1 is 1.31 bits per heavy atom. The Hall–Kier alpha value is -0.900. The van der Waals surface area contributed by atoms with Crippen molar-refractivity contribution in [1.29, 1.82) is 0 Å². The van der Waals surface area contributed by atoms with Crippen LogP contribution in [0.1, 0.15) is 11.1 Å². The van der Waals surface area contributed by atoms with Gasteiger partial charge in [-0.2, -0.15) is 13.2 Å². The molecule has 0 heterocycles. The summed E-state index contributed by atoms with van der Waals surface area (Å²) in [6, 6.07) is 1.55. The van der Waals surface area contributed by atoms with Crippen LogP contribution in [0.3, 0.4) is 0 Å². The zero-order chi connectivity index (χ0) is 10.2. The number of phenolic OH excluding ortho intramolecular Hbond substituents is 1. The Balaban J connectivity index is 3.29. The number of alkyl halides is 3. The van der Waals surface area contributed by atoms with Gasteiger partial charge in [0, 0.05) is 0 Å². The van der Waals surface area contributed by atoms with Crippen molar-refractivity contribution in [1.82, 2.24) is 0 Å². The number of phenols is 1. The highest BCUT2D eigenvalue weighted by atomic mass is 35.5.